The molecule has 0 spiro atoms. The lowest BCUT2D eigenvalue weighted by molar-refractivity contribution is -0.137. The molecule has 0 aliphatic heterocycles. The zero-order chi connectivity index (χ0) is 15.5. The SMILES string of the molecule is CC(C)CN(CC(=O)O)C(=O)c1cc(C(C)(C)C)on1. The predicted octanol–water partition coefficient (Wildman–Crippen LogP) is 2.15. The van der Waals surface area contributed by atoms with E-state index >= 15 is 0 Å². The number of carbonyl (C=O) groups excluding carboxylic acids is 1. The van der Waals surface area contributed by atoms with Gasteiger partial charge >= 0.3 is 5.97 Å². The quantitative estimate of drug-likeness (QED) is 0.894. The van der Waals surface area contributed by atoms with E-state index in [4.69, 9.17) is 9.63 Å². The van der Waals surface area contributed by atoms with E-state index < -0.39 is 11.9 Å². The second-order valence-corrected chi connectivity index (χ2v) is 6.30. The first-order valence-electron chi connectivity index (χ1n) is 6.59. The van der Waals surface area contributed by atoms with Crippen molar-refractivity contribution in [1.29, 1.82) is 0 Å². The van der Waals surface area contributed by atoms with Crippen LogP contribution >= 0.6 is 0 Å². The highest BCUT2D eigenvalue weighted by molar-refractivity contribution is 5.94. The molecule has 6 nitrogen and oxygen atoms in total. The smallest absolute Gasteiger partial charge is 0.323 e. The number of carboxylic acids is 1. The Morgan fingerprint density at radius 2 is 2.00 bits per heavy atom. The highest BCUT2D eigenvalue weighted by atomic mass is 16.5. The van der Waals surface area contributed by atoms with Gasteiger partial charge in [-0.15, -0.1) is 0 Å². The number of nitrogens with zero attached hydrogens (tertiary/aromatic N) is 2. The molecular weight excluding hydrogens is 260 g/mol. The molecule has 1 N–H and O–H groups in total. The van der Waals surface area contributed by atoms with Crippen LogP contribution in [0.2, 0.25) is 0 Å². The van der Waals surface area contributed by atoms with E-state index in [2.05, 4.69) is 5.16 Å². The minimum Gasteiger partial charge on any atom is -0.480 e. The Kier molecular flexibility index (Phi) is 4.92. The van der Waals surface area contributed by atoms with Crippen molar-refractivity contribution >= 4 is 11.9 Å². The fourth-order valence-corrected chi connectivity index (χ4v) is 1.71. The summed E-state index contributed by atoms with van der Waals surface area (Å²) < 4.78 is 5.17. The number of hydrogen-bond donors (Lipinski definition) is 1. The minimum absolute atomic E-state index is 0.150. The Labute approximate surface area is 118 Å². The summed E-state index contributed by atoms with van der Waals surface area (Å²) in [6, 6.07) is 1.58. The van der Waals surface area contributed by atoms with E-state index in [0.717, 1.165) is 0 Å². The van der Waals surface area contributed by atoms with Crippen LogP contribution in [0.1, 0.15) is 50.9 Å². The van der Waals surface area contributed by atoms with Crippen LogP contribution in [0.5, 0.6) is 0 Å². The average Bonchev–Trinajstić information content (AvgIpc) is 2.74. The lowest BCUT2D eigenvalue weighted by Gasteiger charge is -2.21. The second kappa shape index (κ2) is 6.07. The van der Waals surface area contributed by atoms with E-state index in [-0.39, 0.29) is 23.6 Å². The van der Waals surface area contributed by atoms with Crippen molar-refractivity contribution in [2.24, 2.45) is 5.92 Å². The summed E-state index contributed by atoms with van der Waals surface area (Å²) in [5.41, 5.74) is -0.0990. The summed E-state index contributed by atoms with van der Waals surface area (Å²) in [6.45, 7) is 9.72. The second-order valence-electron chi connectivity index (χ2n) is 6.30. The molecule has 112 valence electrons. The summed E-state index contributed by atoms with van der Waals surface area (Å²) in [5, 5.41) is 12.6. The van der Waals surface area contributed by atoms with E-state index in [1.165, 1.54) is 4.90 Å². The van der Waals surface area contributed by atoms with Crippen LogP contribution in [0.3, 0.4) is 0 Å². The van der Waals surface area contributed by atoms with Crippen molar-refractivity contribution < 1.29 is 19.2 Å². The van der Waals surface area contributed by atoms with Crippen LogP contribution in [-0.2, 0) is 10.2 Å². The van der Waals surface area contributed by atoms with Crippen molar-refractivity contribution in [2.75, 3.05) is 13.1 Å². The molecule has 0 radical (unpaired) electrons. The summed E-state index contributed by atoms with van der Waals surface area (Å²) in [7, 11) is 0. The molecule has 20 heavy (non-hydrogen) atoms. The molecule has 0 fully saturated rings. The predicted molar refractivity (Wildman–Crippen MR) is 73.6 cm³/mol. The molecule has 0 atom stereocenters. The normalized spacial score (nSPS) is 11.7. The van der Waals surface area contributed by atoms with Crippen LogP contribution in [0.4, 0.5) is 0 Å². The van der Waals surface area contributed by atoms with E-state index in [9.17, 15) is 9.59 Å². The number of rotatable bonds is 5. The maximum atomic E-state index is 12.3. The molecule has 0 saturated carbocycles. The molecule has 1 heterocycles. The molecule has 0 bridgehead atoms. The number of aliphatic carboxylic acids is 1. The van der Waals surface area contributed by atoms with Crippen LogP contribution in [0.25, 0.3) is 0 Å². The lowest BCUT2D eigenvalue weighted by Crippen LogP contribution is -2.38. The largest absolute Gasteiger partial charge is 0.480 e. The van der Waals surface area contributed by atoms with Crippen molar-refractivity contribution in [3.05, 3.63) is 17.5 Å². The lowest BCUT2D eigenvalue weighted by atomic mass is 9.93. The van der Waals surface area contributed by atoms with Crippen LogP contribution in [0.15, 0.2) is 10.6 Å². The van der Waals surface area contributed by atoms with Crippen molar-refractivity contribution in [2.45, 2.75) is 40.0 Å². The molecule has 1 aromatic rings. The maximum absolute atomic E-state index is 12.3. The van der Waals surface area contributed by atoms with Gasteiger partial charge in [0, 0.05) is 18.0 Å². The first-order valence-corrected chi connectivity index (χ1v) is 6.59. The highest BCUT2D eigenvalue weighted by Gasteiger charge is 2.26. The standard InChI is InChI=1S/C14H22N2O4/c1-9(2)7-16(8-12(17)18)13(19)10-6-11(20-15-10)14(3,4)5/h6,9H,7-8H2,1-5H3,(H,17,18). The van der Waals surface area contributed by atoms with Gasteiger partial charge in [-0.05, 0) is 5.92 Å². The fourth-order valence-electron chi connectivity index (χ4n) is 1.71. The Morgan fingerprint density at radius 1 is 1.40 bits per heavy atom. The summed E-state index contributed by atoms with van der Waals surface area (Å²) in [4.78, 5) is 24.4. The van der Waals surface area contributed by atoms with Gasteiger partial charge in [0.15, 0.2) is 5.69 Å². The third kappa shape index (κ3) is 4.36. The average molecular weight is 282 g/mol. The molecule has 0 saturated heterocycles. The molecule has 0 aliphatic rings. The highest BCUT2D eigenvalue weighted by Crippen LogP contribution is 2.23. The van der Waals surface area contributed by atoms with Crippen molar-refractivity contribution in [1.82, 2.24) is 10.1 Å². The van der Waals surface area contributed by atoms with Gasteiger partial charge in [-0.3, -0.25) is 9.59 Å². The summed E-state index contributed by atoms with van der Waals surface area (Å²) in [5.74, 6) is -0.688. The van der Waals surface area contributed by atoms with Crippen molar-refractivity contribution in [3.63, 3.8) is 0 Å². The Hall–Kier alpha value is -1.85. The summed E-state index contributed by atoms with van der Waals surface area (Å²) >= 11 is 0. The van der Waals surface area contributed by atoms with Crippen LogP contribution in [-0.4, -0.2) is 40.1 Å². The van der Waals surface area contributed by atoms with Gasteiger partial charge in [0.25, 0.3) is 5.91 Å². The number of aromatic nitrogens is 1. The number of hydrogen-bond acceptors (Lipinski definition) is 4. The molecule has 1 rings (SSSR count). The fraction of sp³-hybridized carbons (Fsp3) is 0.643. The molecule has 6 heteroatoms. The van der Waals surface area contributed by atoms with Gasteiger partial charge in [-0.25, -0.2) is 0 Å². The number of carboxylic acid groups (broad SMARTS) is 1. The Morgan fingerprint density at radius 3 is 2.40 bits per heavy atom. The topological polar surface area (TPSA) is 83.6 Å². The molecule has 0 aliphatic carbocycles. The zero-order valence-electron chi connectivity index (χ0n) is 12.6. The van der Waals surface area contributed by atoms with Gasteiger partial charge < -0.3 is 14.5 Å². The third-order valence-corrected chi connectivity index (χ3v) is 2.67. The van der Waals surface area contributed by atoms with Gasteiger partial charge in [-0.2, -0.15) is 0 Å². The molecule has 0 aromatic carbocycles. The molecule has 1 aromatic heterocycles. The van der Waals surface area contributed by atoms with E-state index in [1.54, 1.807) is 6.07 Å². The van der Waals surface area contributed by atoms with E-state index in [1.807, 2.05) is 34.6 Å². The van der Waals surface area contributed by atoms with Crippen LogP contribution in [0, 0.1) is 5.92 Å². The molecule has 0 unspecified atom stereocenters. The number of amides is 1. The van der Waals surface area contributed by atoms with Crippen molar-refractivity contribution in [3.8, 4) is 0 Å². The van der Waals surface area contributed by atoms with Gasteiger partial charge in [0.1, 0.15) is 12.3 Å². The van der Waals surface area contributed by atoms with Crippen LogP contribution < -0.4 is 0 Å². The Bertz CT molecular complexity index is 486. The monoisotopic (exact) mass is 282 g/mol. The first-order chi connectivity index (χ1) is 9.11. The maximum Gasteiger partial charge on any atom is 0.323 e. The molecule has 1 amide bonds. The third-order valence-electron chi connectivity index (χ3n) is 2.67. The van der Waals surface area contributed by atoms with Gasteiger partial charge in [-0.1, -0.05) is 39.8 Å². The minimum atomic E-state index is -1.04. The van der Waals surface area contributed by atoms with Gasteiger partial charge in [0.05, 0.1) is 0 Å². The van der Waals surface area contributed by atoms with E-state index in [0.29, 0.717) is 12.3 Å². The summed E-state index contributed by atoms with van der Waals surface area (Å²) in [6.07, 6.45) is 0. The Balaban J connectivity index is 2.94. The molecular formula is C14H22N2O4. The number of carbonyl (C=O) groups is 2. The zero-order valence-corrected chi connectivity index (χ0v) is 12.6. The van der Waals surface area contributed by atoms with Gasteiger partial charge in [0.2, 0.25) is 0 Å². The first kappa shape index (κ1) is 16.2.